The fourth-order valence-electron chi connectivity index (χ4n) is 2.61. The molecule has 0 bridgehead atoms. The lowest BCUT2D eigenvalue weighted by molar-refractivity contribution is -0.115. The molecular weight excluding hydrogens is 258 g/mol. The highest BCUT2D eigenvalue weighted by Gasteiger charge is 2.28. The molecule has 0 unspecified atom stereocenters. The van der Waals surface area contributed by atoms with Gasteiger partial charge in [-0.05, 0) is 37.5 Å². The minimum atomic E-state index is 0.00536. The zero-order valence-corrected chi connectivity index (χ0v) is 11.6. The fourth-order valence-corrected chi connectivity index (χ4v) is 3.34. The molecule has 3 rings (SSSR count). The number of amidine groups is 1. The molecule has 100 valence electrons. The smallest absolute Gasteiger partial charge is 0.243 e. The van der Waals surface area contributed by atoms with E-state index in [1.54, 1.807) is 0 Å². The number of anilines is 2. The summed E-state index contributed by atoms with van der Waals surface area (Å²) in [7, 11) is 0. The number of rotatable bonds is 2. The van der Waals surface area contributed by atoms with E-state index in [4.69, 9.17) is 5.41 Å². The van der Waals surface area contributed by atoms with Gasteiger partial charge in [0.25, 0.3) is 0 Å². The minimum Gasteiger partial charge on any atom is -0.371 e. The average molecular weight is 275 g/mol. The summed E-state index contributed by atoms with van der Waals surface area (Å²) in [5, 5.41) is 8.18. The lowest BCUT2D eigenvalue weighted by Crippen LogP contribution is -2.31. The van der Waals surface area contributed by atoms with Crippen LogP contribution in [0, 0.1) is 5.41 Å². The first-order valence-electron chi connectivity index (χ1n) is 6.65. The lowest BCUT2D eigenvalue weighted by Gasteiger charge is -2.29. The van der Waals surface area contributed by atoms with Crippen LogP contribution >= 0.6 is 11.8 Å². The van der Waals surface area contributed by atoms with Crippen molar-refractivity contribution < 1.29 is 4.79 Å². The monoisotopic (exact) mass is 275 g/mol. The SMILES string of the molecule is N=C1SCC(=O)N1c1cccc(N2CCCCC2)c1. The Balaban J connectivity index is 1.87. The van der Waals surface area contributed by atoms with Gasteiger partial charge in [0.05, 0.1) is 11.4 Å². The van der Waals surface area contributed by atoms with E-state index in [2.05, 4.69) is 11.0 Å². The van der Waals surface area contributed by atoms with E-state index in [1.807, 2.05) is 18.2 Å². The summed E-state index contributed by atoms with van der Waals surface area (Å²) in [6.45, 7) is 2.17. The Bertz CT molecular complexity index is 495. The molecular formula is C14H17N3OS. The molecule has 2 fully saturated rings. The third kappa shape index (κ3) is 2.47. The van der Waals surface area contributed by atoms with Crippen LogP contribution in [0.15, 0.2) is 24.3 Å². The number of hydrogen-bond donors (Lipinski definition) is 1. The zero-order valence-electron chi connectivity index (χ0n) is 10.8. The van der Waals surface area contributed by atoms with Gasteiger partial charge in [0, 0.05) is 18.8 Å². The van der Waals surface area contributed by atoms with Crippen molar-refractivity contribution in [2.24, 2.45) is 0 Å². The van der Waals surface area contributed by atoms with Crippen LogP contribution in [0.3, 0.4) is 0 Å². The Morgan fingerprint density at radius 1 is 1.11 bits per heavy atom. The summed E-state index contributed by atoms with van der Waals surface area (Å²) >= 11 is 1.30. The second-order valence-electron chi connectivity index (χ2n) is 4.89. The molecule has 2 heterocycles. The van der Waals surface area contributed by atoms with Crippen LogP contribution in [0.1, 0.15) is 19.3 Å². The van der Waals surface area contributed by atoms with Gasteiger partial charge in [0.1, 0.15) is 0 Å². The van der Waals surface area contributed by atoms with Crippen molar-refractivity contribution in [3.8, 4) is 0 Å². The van der Waals surface area contributed by atoms with Crippen molar-refractivity contribution in [3.63, 3.8) is 0 Å². The van der Waals surface area contributed by atoms with Crippen molar-refractivity contribution in [1.82, 2.24) is 0 Å². The van der Waals surface area contributed by atoms with Crippen molar-refractivity contribution in [1.29, 1.82) is 5.41 Å². The molecule has 0 saturated carbocycles. The summed E-state index contributed by atoms with van der Waals surface area (Å²) < 4.78 is 0. The van der Waals surface area contributed by atoms with E-state index in [1.165, 1.54) is 35.9 Å². The van der Waals surface area contributed by atoms with Crippen molar-refractivity contribution in [3.05, 3.63) is 24.3 Å². The third-order valence-electron chi connectivity index (χ3n) is 3.59. The van der Waals surface area contributed by atoms with Gasteiger partial charge >= 0.3 is 0 Å². The van der Waals surface area contributed by atoms with Crippen molar-refractivity contribution >= 4 is 34.2 Å². The third-order valence-corrected chi connectivity index (χ3v) is 4.44. The first-order chi connectivity index (χ1) is 9.25. The van der Waals surface area contributed by atoms with Gasteiger partial charge < -0.3 is 4.90 Å². The molecule has 19 heavy (non-hydrogen) atoms. The molecule has 2 aliphatic rings. The maximum atomic E-state index is 11.8. The Labute approximate surface area is 117 Å². The topological polar surface area (TPSA) is 47.4 Å². The number of piperidine rings is 1. The van der Waals surface area contributed by atoms with E-state index < -0.39 is 0 Å². The second kappa shape index (κ2) is 5.25. The fraction of sp³-hybridized carbons (Fsp3) is 0.429. The van der Waals surface area contributed by atoms with Gasteiger partial charge in [-0.1, -0.05) is 17.8 Å². The second-order valence-corrected chi connectivity index (χ2v) is 5.85. The largest absolute Gasteiger partial charge is 0.371 e. The van der Waals surface area contributed by atoms with E-state index in [-0.39, 0.29) is 5.91 Å². The van der Waals surface area contributed by atoms with Gasteiger partial charge in [0.15, 0.2) is 5.17 Å². The standard InChI is InChI=1S/C14H17N3OS/c15-14-17(13(18)10-19-14)12-6-4-5-11(9-12)16-7-2-1-3-8-16/h4-6,9,15H,1-3,7-8,10H2. The molecule has 0 aromatic heterocycles. The van der Waals surface area contributed by atoms with Crippen LogP contribution < -0.4 is 9.80 Å². The number of amides is 1. The maximum absolute atomic E-state index is 11.8. The highest BCUT2D eigenvalue weighted by molar-refractivity contribution is 8.15. The Morgan fingerprint density at radius 2 is 1.84 bits per heavy atom. The molecule has 0 spiro atoms. The molecule has 1 amide bonds. The molecule has 2 saturated heterocycles. The summed E-state index contributed by atoms with van der Waals surface area (Å²) in [6.07, 6.45) is 3.78. The van der Waals surface area contributed by atoms with Gasteiger partial charge in [0.2, 0.25) is 5.91 Å². The van der Waals surface area contributed by atoms with Gasteiger partial charge in [-0.15, -0.1) is 0 Å². The number of hydrogen-bond acceptors (Lipinski definition) is 4. The maximum Gasteiger partial charge on any atom is 0.243 e. The predicted molar refractivity (Wildman–Crippen MR) is 80.2 cm³/mol. The average Bonchev–Trinajstić information content (AvgIpc) is 2.79. The molecule has 2 aliphatic heterocycles. The summed E-state index contributed by atoms with van der Waals surface area (Å²) in [6, 6.07) is 8.00. The highest BCUT2D eigenvalue weighted by atomic mass is 32.2. The quantitative estimate of drug-likeness (QED) is 0.902. The molecule has 1 aromatic rings. The van der Waals surface area contributed by atoms with Crippen molar-refractivity contribution in [2.45, 2.75) is 19.3 Å². The number of nitrogens with one attached hydrogen (secondary N) is 1. The zero-order chi connectivity index (χ0) is 13.2. The molecule has 1 N–H and O–H groups in total. The van der Waals surface area contributed by atoms with Crippen LogP contribution in [-0.2, 0) is 4.79 Å². The summed E-state index contributed by atoms with van der Waals surface area (Å²) in [5.74, 6) is 0.387. The number of carbonyl (C=O) groups excluding carboxylic acids is 1. The Kier molecular flexibility index (Phi) is 3.46. The van der Waals surface area contributed by atoms with Crippen LogP contribution in [0.25, 0.3) is 0 Å². The molecule has 1 aromatic carbocycles. The summed E-state index contributed by atoms with van der Waals surface area (Å²) in [5.41, 5.74) is 1.98. The first kappa shape index (κ1) is 12.5. The Morgan fingerprint density at radius 3 is 2.53 bits per heavy atom. The number of nitrogens with zero attached hydrogens (tertiary/aromatic N) is 2. The van der Waals surface area contributed by atoms with E-state index in [0.29, 0.717) is 10.9 Å². The molecule has 4 nitrogen and oxygen atoms in total. The van der Waals surface area contributed by atoms with Crippen LogP contribution in [0.2, 0.25) is 0 Å². The van der Waals surface area contributed by atoms with Crippen LogP contribution in [0.4, 0.5) is 11.4 Å². The van der Waals surface area contributed by atoms with Gasteiger partial charge in [-0.2, -0.15) is 0 Å². The van der Waals surface area contributed by atoms with E-state index >= 15 is 0 Å². The highest BCUT2D eigenvalue weighted by Crippen LogP contribution is 2.29. The first-order valence-corrected chi connectivity index (χ1v) is 7.63. The summed E-state index contributed by atoms with van der Waals surface area (Å²) in [4.78, 5) is 15.7. The Hall–Kier alpha value is -1.49. The minimum absolute atomic E-state index is 0.00536. The van der Waals surface area contributed by atoms with Gasteiger partial charge in [-0.3, -0.25) is 15.1 Å². The number of benzene rings is 1. The predicted octanol–water partition coefficient (Wildman–Crippen LogP) is 2.69. The normalized spacial score (nSPS) is 20.2. The van der Waals surface area contributed by atoms with Gasteiger partial charge in [-0.25, -0.2) is 0 Å². The lowest BCUT2D eigenvalue weighted by atomic mass is 10.1. The number of carbonyl (C=O) groups is 1. The van der Waals surface area contributed by atoms with Crippen LogP contribution in [-0.4, -0.2) is 29.9 Å². The van der Waals surface area contributed by atoms with Crippen molar-refractivity contribution in [2.75, 3.05) is 28.6 Å². The molecule has 0 atom stereocenters. The molecule has 0 radical (unpaired) electrons. The van der Waals surface area contributed by atoms with Crippen LogP contribution in [0.5, 0.6) is 0 Å². The van der Waals surface area contributed by atoms with E-state index in [9.17, 15) is 4.79 Å². The molecule has 0 aliphatic carbocycles. The molecule has 5 heteroatoms. The number of thioether (sulfide) groups is 1. The van der Waals surface area contributed by atoms with E-state index in [0.717, 1.165) is 24.5 Å².